The van der Waals surface area contributed by atoms with Crippen LogP contribution in [0.4, 0.5) is 0 Å². The molecule has 1 aliphatic heterocycles. The van der Waals surface area contributed by atoms with Crippen LogP contribution in [0.5, 0.6) is 0 Å². The molecule has 2 atom stereocenters. The molecule has 4 aromatic rings. The van der Waals surface area contributed by atoms with Gasteiger partial charge >= 0.3 is 5.76 Å². The molecule has 1 fully saturated rings. The smallest absolute Gasteiger partial charge is 0.408 e. The second-order valence-corrected chi connectivity index (χ2v) is 8.05. The fraction of sp³-hybridized carbons (Fsp3) is 0.300. The lowest BCUT2D eigenvalue weighted by Crippen LogP contribution is -3.12. The summed E-state index contributed by atoms with van der Waals surface area (Å²) in [7, 11) is 0. The maximum absolute atomic E-state index is 12.3. The molecule has 1 aliphatic rings. The molecular formula is C20H20N3O2S+. The number of quaternary nitrogens is 1. The molecule has 0 aliphatic carbocycles. The summed E-state index contributed by atoms with van der Waals surface area (Å²) in [5.74, 6) is 0.200. The van der Waals surface area contributed by atoms with Crippen molar-refractivity contribution < 1.29 is 9.32 Å². The summed E-state index contributed by atoms with van der Waals surface area (Å²) in [6.07, 6.45) is 2.32. The van der Waals surface area contributed by atoms with Gasteiger partial charge in [-0.25, -0.2) is 14.3 Å². The number of likely N-dealkylation sites (tertiary alicyclic amines) is 1. The summed E-state index contributed by atoms with van der Waals surface area (Å²) in [5, 5.41) is 1.23. The van der Waals surface area contributed by atoms with Crippen LogP contribution in [0.25, 0.3) is 21.3 Å². The van der Waals surface area contributed by atoms with Crippen molar-refractivity contribution in [1.29, 1.82) is 0 Å². The molecule has 0 saturated carbocycles. The van der Waals surface area contributed by atoms with Crippen molar-refractivity contribution in [2.45, 2.75) is 25.4 Å². The Labute approximate surface area is 154 Å². The Kier molecular flexibility index (Phi) is 3.87. The van der Waals surface area contributed by atoms with Gasteiger partial charge in [-0.1, -0.05) is 24.3 Å². The summed E-state index contributed by atoms with van der Waals surface area (Å²) in [6.45, 7) is 2.73. The monoisotopic (exact) mass is 366 g/mol. The molecule has 1 N–H and O–H groups in total. The molecule has 0 amide bonds. The standard InChI is InChI=1S/C20H19N3O2S/c24-20-23(16-8-2-3-9-17(16)25-20)13-22-11-5-6-14(12-22)19-21-15-7-1-4-10-18(15)26-19/h1-4,7-10,14H,5-6,11-13H2/p+1/t14-/m0/s1. The number of hydrogen-bond acceptors (Lipinski definition) is 4. The third-order valence-corrected chi connectivity index (χ3v) is 6.43. The predicted octanol–water partition coefficient (Wildman–Crippen LogP) is 2.62. The fourth-order valence-electron chi connectivity index (χ4n) is 3.96. The average molecular weight is 366 g/mol. The van der Waals surface area contributed by atoms with Gasteiger partial charge in [0, 0.05) is 0 Å². The molecule has 2 aromatic carbocycles. The van der Waals surface area contributed by atoms with Crippen LogP contribution in [0, 0.1) is 0 Å². The number of para-hydroxylation sites is 3. The number of benzene rings is 2. The van der Waals surface area contributed by atoms with Crippen LogP contribution < -0.4 is 10.7 Å². The van der Waals surface area contributed by atoms with Gasteiger partial charge in [0.15, 0.2) is 12.3 Å². The quantitative estimate of drug-likeness (QED) is 0.606. The van der Waals surface area contributed by atoms with E-state index in [4.69, 9.17) is 9.40 Å². The minimum absolute atomic E-state index is 0.263. The van der Waals surface area contributed by atoms with E-state index in [0.29, 0.717) is 18.2 Å². The molecule has 1 unspecified atom stereocenters. The molecule has 1 saturated heterocycles. The van der Waals surface area contributed by atoms with Crippen LogP contribution in [-0.2, 0) is 6.67 Å². The normalized spacial score (nSPS) is 20.8. The maximum Gasteiger partial charge on any atom is 0.424 e. The van der Waals surface area contributed by atoms with Crippen LogP contribution in [-0.4, -0.2) is 22.6 Å². The lowest BCUT2D eigenvalue weighted by atomic mass is 9.99. The highest BCUT2D eigenvalue weighted by molar-refractivity contribution is 7.18. The molecule has 132 valence electrons. The fourth-order valence-corrected chi connectivity index (χ4v) is 5.06. The zero-order valence-electron chi connectivity index (χ0n) is 14.4. The molecule has 0 bridgehead atoms. The van der Waals surface area contributed by atoms with Crippen LogP contribution in [0.1, 0.15) is 23.8 Å². The van der Waals surface area contributed by atoms with Crippen molar-refractivity contribution in [3.05, 3.63) is 64.1 Å². The first-order chi connectivity index (χ1) is 12.8. The first kappa shape index (κ1) is 15.8. The molecule has 0 spiro atoms. The van der Waals surface area contributed by atoms with Crippen molar-refractivity contribution in [3.63, 3.8) is 0 Å². The number of fused-ring (bicyclic) bond motifs is 2. The molecule has 26 heavy (non-hydrogen) atoms. The summed E-state index contributed by atoms with van der Waals surface area (Å²) in [6, 6.07) is 16.0. The first-order valence-corrected chi connectivity index (χ1v) is 9.87. The van der Waals surface area contributed by atoms with E-state index in [1.807, 2.05) is 41.7 Å². The topological polar surface area (TPSA) is 52.5 Å². The van der Waals surface area contributed by atoms with Gasteiger partial charge in [0.25, 0.3) is 0 Å². The van der Waals surface area contributed by atoms with Crippen LogP contribution in [0.2, 0.25) is 0 Å². The lowest BCUT2D eigenvalue weighted by Gasteiger charge is -2.28. The summed E-state index contributed by atoms with van der Waals surface area (Å²) < 4.78 is 8.40. The molecule has 3 heterocycles. The Balaban J connectivity index is 1.40. The van der Waals surface area contributed by atoms with Crippen LogP contribution in [0.3, 0.4) is 0 Å². The Morgan fingerprint density at radius 1 is 1.19 bits per heavy atom. The highest BCUT2D eigenvalue weighted by atomic mass is 32.1. The molecule has 2 aromatic heterocycles. The van der Waals surface area contributed by atoms with Crippen LogP contribution >= 0.6 is 11.3 Å². The van der Waals surface area contributed by atoms with Gasteiger partial charge in [-0.3, -0.25) is 0 Å². The molecule has 0 radical (unpaired) electrons. The first-order valence-electron chi connectivity index (χ1n) is 9.05. The second-order valence-electron chi connectivity index (χ2n) is 6.98. The van der Waals surface area contributed by atoms with Crippen LogP contribution in [0.15, 0.2) is 57.7 Å². The molecule has 6 heteroatoms. The summed E-state index contributed by atoms with van der Waals surface area (Å²) >= 11 is 1.81. The maximum atomic E-state index is 12.3. The van der Waals surface area contributed by atoms with Crippen molar-refractivity contribution in [2.24, 2.45) is 0 Å². The van der Waals surface area contributed by atoms with E-state index in [1.54, 1.807) is 4.57 Å². The zero-order valence-corrected chi connectivity index (χ0v) is 15.2. The van der Waals surface area contributed by atoms with Gasteiger partial charge in [0.1, 0.15) is 5.01 Å². The zero-order chi connectivity index (χ0) is 17.5. The largest absolute Gasteiger partial charge is 0.424 e. The number of oxazole rings is 1. The van der Waals surface area contributed by atoms with E-state index in [9.17, 15) is 4.79 Å². The minimum Gasteiger partial charge on any atom is -0.408 e. The number of nitrogens with one attached hydrogen (secondary N) is 1. The van der Waals surface area contributed by atoms with Crippen molar-refractivity contribution in [1.82, 2.24) is 9.55 Å². The number of rotatable bonds is 3. The summed E-state index contributed by atoms with van der Waals surface area (Å²) in [5.41, 5.74) is 2.64. The van der Waals surface area contributed by atoms with Gasteiger partial charge < -0.3 is 9.32 Å². The van der Waals surface area contributed by atoms with E-state index in [1.165, 1.54) is 21.0 Å². The van der Waals surface area contributed by atoms with Gasteiger partial charge in [-0.2, -0.15) is 0 Å². The van der Waals surface area contributed by atoms with E-state index >= 15 is 0 Å². The SMILES string of the molecule is O=c1oc2ccccc2n1C[NH+]1CCC[C@H](c2nc3ccccc3s2)C1. The number of thiazole rings is 1. The molecule has 5 nitrogen and oxygen atoms in total. The second kappa shape index (κ2) is 6.37. The number of nitrogens with zero attached hydrogens (tertiary/aromatic N) is 2. The average Bonchev–Trinajstić information content (AvgIpc) is 3.24. The highest BCUT2D eigenvalue weighted by Gasteiger charge is 2.28. The Morgan fingerprint density at radius 2 is 2.04 bits per heavy atom. The van der Waals surface area contributed by atoms with E-state index in [2.05, 4.69) is 18.2 Å². The van der Waals surface area contributed by atoms with Crippen molar-refractivity contribution in [2.75, 3.05) is 13.1 Å². The molecular weight excluding hydrogens is 346 g/mol. The number of hydrogen-bond donors (Lipinski definition) is 1. The van der Waals surface area contributed by atoms with Crippen molar-refractivity contribution >= 4 is 32.7 Å². The number of aromatic nitrogens is 2. The number of piperidine rings is 1. The van der Waals surface area contributed by atoms with Gasteiger partial charge in [-0.15, -0.1) is 11.3 Å². The van der Waals surface area contributed by atoms with E-state index in [0.717, 1.165) is 30.5 Å². The van der Waals surface area contributed by atoms with E-state index in [-0.39, 0.29) is 5.76 Å². The predicted molar refractivity (Wildman–Crippen MR) is 103 cm³/mol. The third kappa shape index (κ3) is 2.75. The Morgan fingerprint density at radius 3 is 2.96 bits per heavy atom. The highest BCUT2D eigenvalue weighted by Crippen LogP contribution is 2.30. The van der Waals surface area contributed by atoms with Gasteiger partial charge in [-0.05, 0) is 37.1 Å². The van der Waals surface area contributed by atoms with Crippen molar-refractivity contribution in [3.8, 4) is 0 Å². The Hall–Kier alpha value is -2.44. The molecule has 5 rings (SSSR count). The van der Waals surface area contributed by atoms with Gasteiger partial charge in [0.05, 0.1) is 34.7 Å². The van der Waals surface area contributed by atoms with Gasteiger partial charge in [0.2, 0.25) is 0 Å². The Bertz CT molecular complexity index is 1090. The third-order valence-electron chi connectivity index (χ3n) is 5.23. The van der Waals surface area contributed by atoms with E-state index < -0.39 is 0 Å². The summed E-state index contributed by atoms with van der Waals surface area (Å²) in [4.78, 5) is 18.5. The lowest BCUT2D eigenvalue weighted by molar-refractivity contribution is -0.928. The minimum atomic E-state index is -0.263.